The summed E-state index contributed by atoms with van der Waals surface area (Å²) in [5.74, 6) is 0.286. The Morgan fingerprint density at radius 3 is 3.11 bits per heavy atom. The number of anilines is 1. The van der Waals surface area contributed by atoms with Gasteiger partial charge in [-0.2, -0.15) is 11.8 Å². The summed E-state index contributed by atoms with van der Waals surface area (Å²) in [6, 6.07) is 1.80. The molecule has 2 heterocycles. The summed E-state index contributed by atoms with van der Waals surface area (Å²) in [6.45, 7) is 2.70. The monoisotopic (exact) mass is 266 g/mol. The third kappa shape index (κ3) is 3.38. The molecular weight excluding hydrogens is 248 g/mol. The summed E-state index contributed by atoms with van der Waals surface area (Å²) in [5.41, 5.74) is 1.77. The van der Waals surface area contributed by atoms with E-state index in [-0.39, 0.29) is 5.56 Å². The first-order valence-corrected chi connectivity index (χ1v) is 7.27. The van der Waals surface area contributed by atoms with Gasteiger partial charge < -0.3 is 10.4 Å². The standard InChI is InChI=1S/C13H18N2O2S/c1-9-6-12(11(8-14-9)13(16)17)15-7-10-4-2-3-5-18-10/h6,8,10H,2-5,7H2,1H3,(H,14,15)(H,16,17). The van der Waals surface area contributed by atoms with Crippen molar-refractivity contribution in [3.63, 3.8) is 0 Å². The SMILES string of the molecule is Cc1cc(NCC2CCCCS2)c(C(=O)O)cn1. The van der Waals surface area contributed by atoms with E-state index in [9.17, 15) is 4.79 Å². The van der Waals surface area contributed by atoms with Crippen LogP contribution in [0, 0.1) is 6.92 Å². The number of aromatic nitrogens is 1. The van der Waals surface area contributed by atoms with Crippen LogP contribution in [0.3, 0.4) is 0 Å². The molecule has 4 nitrogen and oxygen atoms in total. The number of pyridine rings is 1. The first-order chi connectivity index (χ1) is 8.66. The number of hydrogen-bond acceptors (Lipinski definition) is 4. The van der Waals surface area contributed by atoms with Crippen LogP contribution in [0.15, 0.2) is 12.3 Å². The Bertz CT molecular complexity index is 431. The van der Waals surface area contributed by atoms with Gasteiger partial charge in [-0.25, -0.2) is 4.79 Å². The van der Waals surface area contributed by atoms with Crippen molar-refractivity contribution in [1.29, 1.82) is 0 Å². The van der Waals surface area contributed by atoms with E-state index in [4.69, 9.17) is 5.11 Å². The van der Waals surface area contributed by atoms with E-state index in [0.717, 1.165) is 12.2 Å². The zero-order valence-electron chi connectivity index (χ0n) is 10.5. The molecule has 1 fully saturated rings. The maximum Gasteiger partial charge on any atom is 0.339 e. The number of aryl methyl sites for hydroxylation is 1. The van der Waals surface area contributed by atoms with Crippen molar-refractivity contribution in [3.05, 3.63) is 23.5 Å². The number of rotatable bonds is 4. The summed E-state index contributed by atoms with van der Waals surface area (Å²) in [5, 5.41) is 13.0. The molecule has 0 bridgehead atoms. The van der Waals surface area contributed by atoms with Gasteiger partial charge in [-0.15, -0.1) is 0 Å². The molecule has 1 aromatic rings. The van der Waals surface area contributed by atoms with Gasteiger partial charge in [-0.05, 0) is 31.6 Å². The van der Waals surface area contributed by atoms with E-state index in [0.29, 0.717) is 10.9 Å². The van der Waals surface area contributed by atoms with Gasteiger partial charge in [-0.1, -0.05) is 6.42 Å². The van der Waals surface area contributed by atoms with Gasteiger partial charge in [0.2, 0.25) is 0 Å². The number of carbonyl (C=O) groups is 1. The van der Waals surface area contributed by atoms with E-state index < -0.39 is 5.97 Å². The second-order valence-corrected chi connectivity index (χ2v) is 5.95. The third-order valence-electron chi connectivity index (χ3n) is 3.07. The Labute approximate surface area is 111 Å². The molecule has 0 saturated carbocycles. The van der Waals surface area contributed by atoms with Crippen molar-refractivity contribution in [1.82, 2.24) is 4.98 Å². The predicted octanol–water partition coefficient (Wildman–Crippen LogP) is 2.79. The van der Waals surface area contributed by atoms with Crippen LogP contribution in [-0.4, -0.2) is 33.6 Å². The van der Waals surface area contributed by atoms with Gasteiger partial charge in [-0.3, -0.25) is 4.98 Å². The first-order valence-electron chi connectivity index (χ1n) is 6.22. The number of aromatic carboxylic acids is 1. The van der Waals surface area contributed by atoms with Crippen LogP contribution in [0.1, 0.15) is 35.3 Å². The third-order valence-corrected chi connectivity index (χ3v) is 4.46. The minimum atomic E-state index is -0.929. The van der Waals surface area contributed by atoms with Crippen LogP contribution in [0.25, 0.3) is 0 Å². The van der Waals surface area contributed by atoms with E-state index in [1.54, 1.807) is 6.07 Å². The highest BCUT2D eigenvalue weighted by atomic mass is 32.2. The highest BCUT2D eigenvalue weighted by molar-refractivity contribution is 7.99. The molecular formula is C13H18N2O2S. The molecule has 0 aromatic carbocycles. The highest BCUT2D eigenvalue weighted by Gasteiger charge is 2.16. The number of thioether (sulfide) groups is 1. The zero-order chi connectivity index (χ0) is 13.0. The molecule has 5 heteroatoms. The maximum atomic E-state index is 11.1. The number of hydrogen-bond donors (Lipinski definition) is 2. The van der Waals surface area contributed by atoms with Crippen LogP contribution in [-0.2, 0) is 0 Å². The molecule has 1 aliphatic rings. The minimum absolute atomic E-state index is 0.251. The number of nitrogens with zero attached hydrogens (tertiary/aromatic N) is 1. The minimum Gasteiger partial charge on any atom is -0.478 e. The molecule has 1 saturated heterocycles. The Hall–Kier alpha value is -1.23. The van der Waals surface area contributed by atoms with E-state index in [1.165, 1.54) is 31.2 Å². The molecule has 18 heavy (non-hydrogen) atoms. The Morgan fingerprint density at radius 1 is 1.61 bits per heavy atom. The molecule has 0 aliphatic carbocycles. The largest absolute Gasteiger partial charge is 0.478 e. The summed E-state index contributed by atoms with van der Waals surface area (Å²) in [6.07, 6.45) is 5.22. The quantitative estimate of drug-likeness (QED) is 0.877. The summed E-state index contributed by atoms with van der Waals surface area (Å²) in [4.78, 5) is 15.1. The Morgan fingerprint density at radius 2 is 2.44 bits per heavy atom. The fraction of sp³-hybridized carbons (Fsp3) is 0.538. The topological polar surface area (TPSA) is 62.2 Å². The molecule has 1 unspecified atom stereocenters. The van der Waals surface area contributed by atoms with Crippen LogP contribution in [0.5, 0.6) is 0 Å². The van der Waals surface area contributed by atoms with Crippen molar-refractivity contribution >= 4 is 23.4 Å². The molecule has 98 valence electrons. The molecule has 0 amide bonds. The van der Waals surface area contributed by atoms with Crippen molar-refractivity contribution in [2.75, 3.05) is 17.6 Å². The number of carboxylic acid groups (broad SMARTS) is 1. The lowest BCUT2D eigenvalue weighted by atomic mass is 10.1. The van der Waals surface area contributed by atoms with E-state index >= 15 is 0 Å². The predicted molar refractivity (Wildman–Crippen MR) is 74.5 cm³/mol. The van der Waals surface area contributed by atoms with Gasteiger partial charge in [0.1, 0.15) is 5.56 Å². The molecule has 1 atom stereocenters. The van der Waals surface area contributed by atoms with E-state index in [2.05, 4.69) is 10.3 Å². The van der Waals surface area contributed by atoms with Crippen LogP contribution < -0.4 is 5.32 Å². The van der Waals surface area contributed by atoms with Crippen LogP contribution >= 0.6 is 11.8 Å². The normalized spacial score (nSPS) is 19.5. The Balaban J connectivity index is 2.03. The molecule has 1 aromatic heterocycles. The fourth-order valence-corrected chi connectivity index (χ4v) is 3.31. The molecule has 0 radical (unpaired) electrons. The average Bonchev–Trinajstić information content (AvgIpc) is 2.37. The maximum absolute atomic E-state index is 11.1. The number of nitrogens with one attached hydrogen (secondary N) is 1. The van der Waals surface area contributed by atoms with Gasteiger partial charge >= 0.3 is 5.97 Å². The zero-order valence-corrected chi connectivity index (χ0v) is 11.3. The van der Waals surface area contributed by atoms with E-state index in [1.807, 2.05) is 18.7 Å². The fourth-order valence-electron chi connectivity index (χ4n) is 2.07. The lowest BCUT2D eigenvalue weighted by molar-refractivity contribution is 0.0697. The number of carboxylic acids is 1. The summed E-state index contributed by atoms with van der Waals surface area (Å²) < 4.78 is 0. The van der Waals surface area contributed by atoms with Gasteiger partial charge in [0.15, 0.2) is 0 Å². The molecule has 2 rings (SSSR count). The Kier molecular flexibility index (Phi) is 4.47. The van der Waals surface area contributed by atoms with Gasteiger partial charge in [0, 0.05) is 23.7 Å². The first kappa shape index (κ1) is 13.2. The van der Waals surface area contributed by atoms with Crippen molar-refractivity contribution in [3.8, 4) is 0 Å². The molecule has 0 spiro atoms. The second kappa shape index (κ2) is 6.09. The van der Waals surface area contributed by atoms with Gasteiger partial charge in [0.05, 0.1) is 5.69 Å². The molecule has 1 aliphatic heterocycles. The highest BCUT2D eigenvalue weighted by Crippen LogP contribution is 2.26. The van der Waals surface area contributed by atoms with Gasteiger partial charge in [0.25, 0.3) is 0 Å². The lowest BCUT2D eigenvalue weighted by Crippen LogP contribution is -2.21. The van der Waals surface area contributed by atoms with Crippen molar-refractivity contribution in [2.45, 2.75) is 31.4 Å². The summed E-state index contributed by atoms with van der Waals surface area (Å²) >= 11 is 1.98. The lowest BCUT2D eigenvalue weighted by Gasteiger charge is -2.22. The second-order valence-electron chi connectivity index (χ2n) is 4.55. The summed E-state index contributed by atoms with van der Waals surface area (Å²) in [7, 11) is 0. The average molecular weight is 266 g/mol. The van der Waals surface area contributed by atoms with Crippen LogP contribution in [0.2, 0.25) is 0 Å². The smallest absolute Gasteiger partial charge is 0.339 e. The van der Waals surface area contributed by atoms with Crippen molar-refractivity contribution < 1.29 is 9.90 Å². The van der Waals surface area contributed by atoms with Crippen LogP contribution in [0.4, 0.5) is 5.69 Å². The molecule has 2 N–H and O–H groups in total. The van der Waals surface area contributed by atoms with Crippen molar-refractivity contribution in [2.24, 2.45) is 0 Å².